The number of nitrogens with one attached hydrogen (secondary N) is 2. The zero-order valence-electron chi connectivity index (χ0n) is 25.4. The summed E-state index contributed by atoms with van der Waals surface area (Å²) in [6.45, 7) is 0.531. The maximum absolute atomic E-state index is 12.9. The molecule has 48 heavy (non-hydrogen) atoms. The van der Waals surface area contributed by atoms with E-state index in [-0.39, 0.29) is 30.4 Å². The predicted octanol–water partition coefficient (Wildman–Crippen LogP) is 2.83. The molecule has 9 N–H and O–H groups in total. The molecule has 3 aromatic carbocycles. The number of carboxylic acids is 1. The maximum atomic E-state index is 12.9. The Morgan fingerprint density at radius 2 is 1.69 bits per heavy atom. The van der Waals surface area contributed by atoms with Gasteiger partial charge in [-0.15, -0.1) is 0 Å². The summed E-state index contributed by atoms with van der Waals surface area (Å²) in [6, 6.07) is 23.0. The van der Waals surface area contributed by atoms with Crippen LogP contribution >= 0.6 is 0 Å². The molecule has 1 aliphatic carbocycles. The Hall–Kier alpha value is -6.76. The number of nitrogens with zero attached hydrogens (tertiary/aromatic N) is 3. The van der Waals surface area contributed by atoms with Crippen LogP contribution in [0, 0.1) is 0 Å². The van der Waals surface area contributed by atoms with E-state index in [1.54, 1.807) is 48.5 Å². The number of carboxylic acid groups (broad SMARTS) is 1. The number of benzene rings is 4. The van der Waals surface area contributed by atoms with E-state index in [0.717, 1.165) is 11.1 Å². The summed E-state index contributed by atoms with van der Waals surface area (Å²) in [5.41, 5.74) is 18.0. The van der Waals surface area contributed by atoms with Crippen LogP contribution in [0.25, 0.3) is 44.6 Å². The molecule has 0 fully saturated rings. The number of H-pyrrole nitrogens is 1. The molecule has 1 aliphatic heterocycles. The van der Waals surface area contributed by atoms with Gasteiger partial charge in [-0.05, 0) is 46.5 Å². The molecule has 2 aliphatic rings. The Morgan fingerprint density at radius 1 is 0.917 bits per heavy atom. The summed E-state index contributed by atoms with van der Waals surface area (Å²) >= 11 is 0. The van der Waals surface area contributed by atoms with Crippen molar-refractivity contribution in [2.24, 2.45) is 0 Å². The first-order chi connectivity index (χ1) is 23.2. The number of nitrogens with two attached hydrogens (primary N) is 3. The lowest BCUT2D eigenvalue weighted by molar-refractivity contribution is -0.172. The number of aromatic carboxylic acids is 1. The number of rotatable bonds is 9. The largest absolute Gasteiger partial charge is 0.478 e. The predicted molar refractivity (Wildman–Crippen MR) is 177 cm³/mol. The number of hydrogen-bond acceptors (Lipinski definition) is 9. The van der Waals surface area contributed by atoms with Crippen molar-refractivity contribution in [1.29, 1.82) is 0 Å². The van der Waals surface area contributed by atoms with Gasteiger partial charge in [0.2, 0.25) is 17.7 Å². The molecule has 3 heterocycles. The second-order valence-corrected chi connectivity index (χ2v) is 11.2. The van der Waals surface area contributed by atoms with Crippen molar-refractivity contribution in [2.75, 3.05) is 11.5 Å². The van der Waals surface area contributed by atoms with Crippen molar-refractivity contribution >= 4 is 45.6 Å². The van der Waals surface area contributed by atoms with Gasteiger partial charge in [-0.25, -0.2) is 9.78 Å². The Morgan fingerprint density at radius 3 is 2.50 bits per heavy atom. The molecule has 0 unspecified atom stereocenters. The fourth-order valence-corrected chi connectivity index (χ4v) is 5.59. The second kappa shape index (κ2) is 12.2. The fourth-order valence-electron chi connectivity index (χ4n) is 5.59. The number of carbonyl (C=O) groups is 2. The van der Waals surface area contributed by atoms with Gasteiger partial charge in [0.15, 0.2) is 11.0 Å². The van der Waals surface area contributed by atoms with Crippen LogP contribution in [0.1, 0.15) is 27.0 Å². The monoisotopic (exact) mass is 641 g/mol. The third kappa shape index (κ3) is 5.95. The molecule has 1 amide bonds. The molecule has 13 nitrogen and oxygen atoms in total. The third-order valence-electron chi connectivity index (χ3n) is 7.88. The highest BCUT2D eigenvalue weighted by Gasteiger charge is 2.22. The fraction of sp³-hybridized carbons (Fsp3) is 0.0857. The SMILES string of the molecule is Nc1ccc2c(-c3ccc(CC(=O)NCc4ccc(COc5nc(N)nc6nc[nH]c56)cc4)cc3C(=O)O)c3ccc(=[NH2+])cc-3oc2c1. The van der Waals surface area contributed by atoms with Gasteiger partial charge in [-0.2, -0.15) is 9.97 Å². The molecular weight excluding hydrogens is 612 g/mol. The molecule has 5 aromatic rings. The highest BCUT2D eigenvalue weighted by molar-refractivity contribution is 6.08. The van der Waals surface area contributed by atoms with Crippen molar-refractivity contribution in [1.82, 2.24) is 25.3 Å². The topological polar surface area (TPSA) is 221 Å². The Labute approximate surface area is 272 Å². The minimum absolute atomic E-state index is 0.00466. The summed E-state index contributed by atoms with van der Waals surface area (Å²) in [6.07, 6.45) is 1.49. The first kappa shape index (κ1) is 29.9. The second-order valence-electron chi connectivity index (χ2n) is 11.2. The molecule has 238 valence electrons. The molecule has 0 saturated carbocycles. The number of imidazole rings is 1. The van der Waals surface area contributed by atoms with E-state index in [1.165, 1.54) is 12.4 Å². The van der Waals surface area contributed by atoms with Gasteiger partial charge >= 0.3 is 5.97 Å². The van der Waals surface area contributed by atoms with Crippen LogP contribution < -0.4 is 32.3 Å². The number of fused-ring (bicyclic) bond motifs is 3. The smallest absolute Gasteiger partial charge is 0.336 e. The van der Waals surface area contributed by atoms with Gasteiger partial charge in [0.1, 0.15) is 23.5 Å². The first-order valence-electron chi connectivity index (χ1n) is 14.9. The molecule has 0 radical (unpaired) electrons. The quantitative estimate of drug-likeness (QED) is 0.0999. The highest BCUT2D eigenvalue weighted by atomic mass is 16.5. The van der Waals surface area contributed by atoms with E-state index in [2.05, 4.69) is 25.3 Å². The molecule has 7 rings (SSSR count). The summed E-state index contributed by atoms with van der Waals surface area (Å²) in [4.78, 5) is 40.7. The molecule has 2 aromatic heterocycles. The van der Waals surface area contributed by atoms with E-state index in [0.29, 0.717) is 73.6 Å². The van der Waals surface area contributed by atoms with Crippen LogP contribution in [0.5, 0.6) is 5.88 Å². The van der Waals surface area contributed by atoms with Gasteiger partial charge in [-0.1, -0.05) is 36.4 Å². The standard InChI is InChI=1S/C35H28N8O5/c36-21-6-9-24-27(13-21)48-28-14-22(37)7-10-25(28)30(24)23-8-5-20(11-26(23)34(45)46)12-29(44)39-15-18-1-3-19(4-2-18)16-47-33-31-32(41-17-40-31)42-35(38)43-33/h1-11,13-14,17,36H,12,15-16,37H2,(H,39,44)(H,45,46)(H3,38,40,41,42,43)/p+1. The van der Waals surface area contributed by atoms with Crippen LogP contribution in [0.3, 0.4) is 0 Å². The number of hydrogen-bond donors (Lipinski definition) is 6. The van der Waals surface area contributed by atoms with Gasteiger partial charge in [0.25, 0.3) is 0 Å². The minimum Gasteiger partial charge on any atom is -0.478 e. The highest BCUT2D eigenvalue weighted by Crippen LogP contribution is 2.41. The maximum Gasteiger partial charge on any atom is 0.336 e. The van der Waals surface area contributed by atoms with Crippen molar-refractivity contribution in [3.05, 3.63) is 113 Å². The van der Waals surface area contributed by atoms with E-state index in [1.807, 2.05) is 24.3 Å². The normalized spacial score (nSPS) is 11.2. The van der Waals surface area contributed by atoms with Gasteiger partial charge in [-0.3, -0.25) is 10.2 Å². The molecular formula is C35H29N8O5+. The van der Waals surface area contributed by atoms with E-state index < -0.39 is 5.97 Å². The Kier molecular flexibility index (Phi) is 7.61. The van der Waals surface area contributed by atoms with Crippen molar-refractivity contribution < 1.29 is 29.3 Å². The number of nitrogen functional groups attached to an aromatic ring is 2. The van der Waals surface area contributed by atoms with E-state index >= 15 is 0 Å². The minimum atomic E-state index is -1.12. The average Bonchev–Trinajstić information content (AvgIpc) is 3.54. The number of carbonyl (C=O) groups excluding carboxylic acids is 1. The first-order valence-corrected chi connectivity index (χ1v) is 14.9. The zero-order valence-corrected chi connectivity index (χ0v) is 25.4. The van der Waals surface area contributed by atoms with Crippen molar-refractivity contribution in [3.63, 3.8) is 0 Å². The van der Waals surface area contributed by atoms with Crippen LogP contribution in [0.4, 0.5) is 11.6 Å². The average molecular weight is 642 g/mol. The Balaban J connectivity index is 1.05. The van der Waals surface area contributed by atoms with Crippen LogP contribution in [-0.4, -0.2) is 36.9 Å². The molecule has 0 bridgehead atoms. The van der Waals surface area contributed by atoms with Crippen LogP contribution in [0.2, 0.25) is 0 Å². The zero-order chi connectivity index (χ0) is 33.4. The molecule has 13 heteroatoms. The summed E-state index contributed by atoms with van der Waals surface area (Å²) in [5, 5.41) is 20.4. The van der Waals surface area contributed by atoms with Gasteiger partial charge < -0.3 is 36.0 Å². The number of aromatic amines is 1. The lowest BCUT2D eigenvalue weighted by Crippen LogP contribution is -2.44. The lowest BCUT2D eigenvalue weighted by Gasteiger charge is -2.17. The van der Waals surface area contributed by atoms with E-state index in [9.17, 15) is 14.7 Å². The third-order valence-corrected chi connectivity index (χ3v) is 7.88. The van der Waals surface area contributed by atoms with Crippen LogP contribution in [-0.2, 0) is 24.4 Å². The number of ether oxygens (including phenoxy) is 1. The van der Waals surface area contributed by atoms with Crippen molar-refractivity contribution in [2.45, 2.75) is 19.6 Å². The lowest BCUT2D eigenvalue weighted by atomic mass is 9.89. The van der Waals surface area contributed by atoms with Crippen LogP contribution in [0.15, 0.2) is 89.6 Å². The molecule has 0 spiro atoms. The summed E-state index contributed by atoms with van der Waals surface area (Å²) < 4.78 is 11.9. The molecule has 0 saturated heterocycles. The summed E-state index contributed by atoms with van der Waals surface area (Å²) in [7, 11) is 0. The number of amides is 1. The van der Waals surface area contributed by atoms with E-state index in [4.69, 9.17) is 26.0 Å². The van der Waals surface area contributed by atoms with Gasteiger partial charge in [0.05, 0.1) is 24.4 Å². The molecule has 0 atom stereocenters. The number of anilines is 2. The van der Waals surface area contributed by atoms with Gasteiger partial charge in [0, 0.05) is 40.9 Å². The number of aromatic nitrogens is 4. The van der Waals surface area contributed by atoms with Crippen molar-refractivity contribution in [3.8, 4) is 28.3 Å². The Bertz CT molecular complexity index is 2380. The summed E-state index contributed by atoms with van der Waals surface area (Å²) in [5.74, 6) is -0.507.